The first-order valence-corrected chi connectivity index (χ1v) is 8.38. The lowest BCUT2D eigenvalue weighted by Crippen LogP contribution is -2.54. The zero-order valence-electron chi connectivity index (χ0n) is 14.3. The van der Waals surface area contributed by atoms with E-state index in [1.807, 2.05) is 18.2 Å². The van der Waals surface area contributed by atoms with Crippen molar-refractivity contribution in [3.63, 3.8) is 0 Å². The number of hydrogen-bond donors (Lipinski definition) is 0. The Kier molecular flexibility index (Phi) is 7.16. The number of nitrogens with zero attached hydrogens (tertiary/aromatic N) is 2. The first kappa shape index (κ1) is 17.3. The molecule has 1 aromatic carbocycles. The van der Waals surface area contributed by atoms with Crippen molar-refractivity contribution in [2.75, 3.05) is 53.0 Å². The normalized spacial score (nSPS) is 20.2. The van der Waals surface area contributed by atoms with E-state index in [0.29, 0.717) is 6.04 Å². The summed E-state index contributed by atoms with van der Waals surface area (Å²) in [5.74, 6) is 1.01. The maximum Gasteiger partial charge on any atom is 0.122 e. The van der Waals surface area contributed by atoms with Gasteiger partial charge in [-0.05, 0) is 25.0 Å². The molecule has 0 aliphatic carbocycles. The second-order valence-electron chi connectivity index (χ2n) is 6.01. The summed E-state index contributed by atoms with van der Waals surface area (Å²) in [4.78, 5) is 5.08. The van der Waals surface area contributed by atoms with Gasteiger partial charge in [0.1, 0.15) is 12.4 Å². The van der Waals surface area contributed by atoms with Crippen LogP contribution in [0.1, 0.15) is 18.9 Å². The summed E-state index contributed by atoms with van der Waals surface area (Å²) in [7, 11) is 1.78. The van der Waals surface area contributed by atoms with Crippen molar-refractivity contribution in [3.8, 4) is 5.75 Å². The summed E-state index contributed by atoms with van der Waals surface area (Å²) in [6, 6.07) is 8.86. The van der Waals surface area contributed by atoms with E-state index in [-0.39, 0.29) is 0 Å². The molecule has 1 aliphatic rings. The molecule has 0 amide bonds. The summed E-state index contributed by atoms with van der Waals surface area (Å²) in [5.41, 5.74) is 1.21. The summed E-state index contributed by atoms with van der Waals surface area (Å²) >= 11 is 0. The van der Waals surface area contributed by atoms with Gasteiger partial charge in [0.15, 0.2) is 0 Å². The SMILES string of the molecule is CC[C@H]1CN(CCOc2ccccc2C)CCN1CCOC. The van der Waals surface area contributed by atoms with Gasteiger partial charge < -0.3 is 9.47 Å². The van der Waals surface area contributed by atoms with E-state index in [9.17, 15) is 0 Å². The van der Waals surface area contributed by atoms with E-state index >= 15 is 0 Å². The molecule has 0 unspecified atom stereocenters. The van der Waals surface area contributed by atoms with Crippen molar-refractivity contribution in [3.05, 3.63) is 29.8 Å². The van der Waals surface area contributed by atoms with Gasteiger partial charge in [-0.3, -0.25) is 9.80 Å². The predicted molar refractivity (Wildman–Crippen MR) is 90.6 cm³/mol. The van der Waals surface area contributed by atoms with Gasteiger partial charge >= 0.3 is 0 Å². The number of hydrogen-bond acceptors (Lipinski definition) is 4. The number of rotatable bonds is 8. The molecule has 22 heavy (non-hydrogen) atoms. The molecule has 0 spiro atoms. The van der Waals surface area contributed by atoms with Crippen molar-refractivity contribution >= 4 is 0 Å². The monoisotopic (exact) mass is 306 g/mol. The number of methoxy groups -OCH3 is 1. The van der Waals surface area contributed by atoms with Crippen LogP contribution in [0.15, 0.2) is 24.3 Å². The fraction of sp³-hybridized carbons (Fsp3) is 0.667. The van der Waals surface area contributed by atoms with Crippen molar-refractivity contribution in [2.45, 2.75) is 26.3 Å². The molecule has 0 aromatic heterocycles. The number of aryl methyl sites for hydroxylation is 1. The Bertz CT molecular complexity index is 439. The molecule has 1 fully saturated rings. The summed E-state index contributed by atoms with van der Waals surface area (Å²) in [6.07, 6.45) is 1.19. The highest BCUT2D eigenvalue weighted by atomic mass is 16.5. The molecule has 1 saturated heterocycles. The average Bonchev–Trinajstić information content (AvgIpc) is 2.55. The van der Waals surface area contributed by atoms with Gasteiger partial charge in [-0.2, -0.15) is 0 Å². The van der Waals surface area contributed by atoms with Crippen LogP contribution < -0.4 is 4.74 Å². The van der Waals surface area contributed by atoms with E-state index in [1.54, 1.807) is 7.11 Å². The summed E-state index contributed by atoms with van der Waals surface area (Å²) < 4.78 is 11.1. The Morgan fingerprint density at radius 3 is 2.68 bits per heavy atom. The molecule has 1 heterocycles. The molecule has 4 nitrogen and oxygen atoms in total. The minimum Gasteiger partial charge on any atom is -0.492 e. The van der Waals surface area contributed by atoms with Gasteiger partial charge in [-0.1, -0.05) is 25.1 Å². The Labute approximate surface area is 135 Å². The fourth-order valence-electron chi connectivity index (χ4n) is 3.05. The highest BCUT2D eigenvalue weighted by Gasteiger charge is 2.25. The third-order valence-corrected chi connectivity index (χ3v) is 4.50. The third kappa shape index (κ3) is 4.97. The second-order valence-corrected chi connectivity index (χ2v) is 6.01. The molecule has 1 aromatic rings. The Hall–Kier alpha value is -1.10. The van der Waals surface area contributed by atoms with Crippen LogP contribution in [-0.2, 0) is 4.74 Å². The van der Waals surface area contributed by atoms with E-state index in [0.717, 1.165) is 51.7 Å². The van der Waals surface area contributed by atoms with Crippen LogP contribution in [-0.4, -0.2) is 68.9 Å². The Morgan fingerprint density at radius 2 is 1.95 bits per heavy atom. The van der Waals surface area contributed by atoms with Crippen molar-refractivity contribution in [1.82, 2.24) is 9.80 Å². The molecule has 0 saturated carbocycles. The highest BCUT2D eigenvalue weighted by molar-refractivity contribution is 5.31. The van der Waals surface area contributed by atoms with Gasteiger partial charge in [-0.25, -0.2) is 0 Å². The standard InChI is InChI=1S/C18H30N2O2/c1-4-17-15-19(9-10-20(17)12-13-21-3)11-14-22-18-8-6-5-7-16(18)2/h5-8,17H,4,9-15H2,1-3H3/t17-/m0/s1. The lowest BCUT2D eigenvalue weighted by molar-refractivity contribution is 0.0443. The lowest BCUT2D eigenvalue weighted by Gasteiger charge is -2.41. The molecule has 0 N–H and O–H groups in total. The number of para-hydroxylation sites is 1. The van der Waals surface area contributed by atoms with E-state index < -0.39 is 0 Å². The number of benzene rings is 1. The molecule has 0 radical (unpaired) electrons. The summed E-state index contributed by atoms with van der Waals surface area (Å²) in [6.45, 7) is 11.4. The van der Waals surface area contributed by atoms with Gasteiger partial charge in [-0.15, -0.1) is 0 Å². The van der Waals surface area contributed by atoms with Crippen molar-refractivity contribution < 1.29 is 9.47 Å². The van der Waals surface area contributed by atoms with E-state index in [4.69, 9.17) is 9.47 Å². The number of piperazine rings is 1. The van der Waals surface area contributed by atoms with Gasteiger partial charge in [0, 0.05) is 45.9 Å². The Morgan fingerprint density at radius 1 is 1.14 bits per heavy atom. The van der Waals surface area contributed by atoms with Crippen LogP contribution in [0.5, 0.6) is 5.75 Å². The van der Waals surface area contributed by atoms with Crippen molar-refractivity contribution in [1.29, 1.82) is 0 Å². The zero-order chi connectivity index (χ0) is 15.8. The maximum absolute atomic E-state index is 5.92. The minimum absolute atomic E-state index is 0.641. The fourth-order valence-corrected chi connectivity index (χ4v) is 3.05. The van der Waals surface area contributed by atoms with Crippen LogP contribution >= 0.6 is 0 Å². The minimum atomic E-state index is 0.641. The van der Waals surface area contributed by atoms with Gasteiger partial charge in [0.2, 0.25) is 0 Å². The van der Waals surface area contributed by atoms with Gasteiger partial charge in [0.05, 0.1) is 6.61 Å². The largest absolute Gasteiger partial charge is 0.492 e. The number of ether oxygens (including phenoxy) is 2. The zero-order valence-corrected chi connectivity index (χ0v) is 14.3. The van der Waals surface area contributed by atoms with E-state index in [1.165, 1.54) is 12.0 Å². The molecular weight excluding hydrogens is 276 g/mol. The third-order valence-electron chi connectivity index (χ3n) is 4.50. The molecule has 0 bridgehead atoms. The topological polar surface area (TPSA) is 24.9 Å². The van der Waals surface area contributed by atoms with Gasteiger partial charge in [0.25, 0.3) is 0 Å². The van der Waals surface area contributed by atoms with Crippen molar-refractivity contribution in [2.24, 2.45) is 0 Å². The first-order valence-electron chi connectivity index (χ1n) is 8.38. The predicted octanol–water partition coefficient (Wildman–Crippen LogP) is 2.42. The smallest absolute Gasteiger partial charge is 0.122 e. The average molecular weight is 306 g/mol. The Balaban J connectivity index is 1.74. The highest BCUT2D eigenvalue weighted by Crippen LogP contribution is 2.17. The molecule has 4 heteroatoms. The second kappa shape index (κ2) is 9.13. The molecule has 2 rings (SSSR count). The molecule has 1 atom stereocenters. The van der Waals surface area contributed by atoms with Crippen LogP contribution in [0.25, 0.3) is 0 Å². The van der Waals surface area contributed by atoms with Crippen LogP contribution in [0.4, 0.5) is 0 Å². The molecule has 124 valence electrons. The van der Waals surface area contributed by atoms with Crippen LogP contribution in [0.2, 0.25) is 0 Å². The lowest BCUT2D eigenvalue weighted by atomic mass is 10.1. The van der Waals surface area contributed by atoms with E-state index in [2.05, 4.69) is 29.7 Å². The molecule has 1 aliphatic heterocycles. The summed E-state index contributed by atoms with van der Waals surface area (Å²) in [5, 5.41) is 0. The maximum atomic E-state index is 5.92. The van der Waals surface area contributed by atoms with Crippen LogP contribution in [0, 0.1) is 6.92 Å². The quantitative estimate of drug-likeness (QED) is 0.736. The van der Waals surface area contributed by atoms with Crippen LogP contribution in [0.3, 0.4) is 0 Å². The molecular formula is C18H30N2O2. The first-order chi connectivity index (χ1) is 10.7.